The van der Waals surface area contributed by atoms with Crippen LogP contribution in [0.4, 0.5) is 5.82 Å². The SMILES string of the molecule is c1csc(CNc2nccc3cc4c(cc23)OCO4)c1. The molecule has 0 saturated heterocycles. The van der Waals surface area contributed by atoms with E-state index >= 15 is 0 Å². The molecular formula is C15H12N2O2S. The first-order valence-electron chi connectivity index (χ1n) is 6.35. The lowest BCUT2D eigenvalue weighted by Crippen LogP contribution is -2.00. The first kappa shape index (κ1) is 11.5. The van der Waals surface area contributed by atoms with Crippen LogP contribution in [0.5, 0.6) is 11.5 Å². The van der Waals surface area contributed by atoms with E-state index in [1.807, 2.05) is 18.2 Å². The third-order valence-electron chi connectivity index (χ3n) is 3.27. The second-order valence-corrected chi connectivity index (χ2v) is 5.55. The van der Waals surface area contributed by atoms with Gasteiger partial charge in [-0.2, -0.15) is 0 Å². The maximum Gasteiger partial charge on any atom is 0.231 e. The molecule has 0 aliphatic carbocycles. The number of aromatic nitrogens is 1. The number of ether oxygens (including phenoxy) is 2. The van der Waals surface area contributed by atoms with E-state index in [9.17, 15) is 0 Å². The maximum absolute atomic E-state index is 5.44. The van der Waals surface area contributed by atoms with Gasteiger partial charge in [0.1, 0.15) is 5.82 Å². The van der Waals surface area contributed by atoms with Crippen LogP contribution in [0.2, 0.25) is 0 Å². The number of nitrogens with one attached hydrogen (secondary N) is 1. The zero-order valence-electron chi connectivity index (χ0n) is 10.6. The summed E-state index contributed by atoms with van der Waals surface area (Å²) in [6.07, 6.45) is 1.81. The number of rotatable bonds is 3. The highest BCUT2D eigenvalue weighted by atomic mass is 32.1. The van der Waals surface area contributed by atoms with Gasteiger partial charge in [-0.15, -0.1) is 11.3 Å². The highest BCUT2D eigenvalue weighted by molar-refractivity contribution is 7.09. The average molecular weight is 284 g/mol. The highest BCUT2D eigenvalue weighted by Crippen LogP contribution is 2.37. The molecule has 2 aromatic heterocycles. The van der Waals surface area contributed by atoms with E-state index in [1.54, 1.807) is 17.5 Å². The molecule has 100 valence electrons. The Balaban J connectivity index is 1.71. The van der Waals surface area contributed by atoms with Crippen molar-refractivity contribution in [2.45, 2.75) is 6.54 Å². The zero-order valence-corrected chi connectivity index (χ0v) is 11.4. The van der Waals surface area contributed by atoms with E-state index in [0.29, 0.717) is 0 Å². The molecule has 0 atom stereocenters. The number of thiophene rings is 1. The summed E-state index contributed by atoms with van der Waals surface area (Å²) in [6, 6.07) is 10.1. The van der Waals surface area contributed by atoms with Crippen molar-refractivity contribution in [3.8, 4) is 11.5 Å². The zero-order chi connectivity index (χ0) is 13.4. The first-order valence-corrected chi connectivity index (χ1v) is 7.23. The van der Waals surface area contributed by atoms with Crippen molar-refractivity contribution in [3.05, 3.63) is 46.8 Å². The van der Waals surface area contributed by atoms with Crippen molar-refractivity contribution >= 4 is 27.9 Å². The van der Waals surface area contributed by atoms with E-state index in [-0.39, 0.29) is 6.79 Å². The van der Waals surface area contributed by atoms with E-state index < -0.39 is 0 Å². The summed E-state index contributed by atoms with van der Waals surface area (Å²) in [5.74, 6) is 2.45. The van der Waals surface area contributed by atoms with Crippen molar-refractivity contribution < 1.29 is 9.47 Å². The van der Waals surface area contributed by atoms with Gasteiger partial charge in [-0.05, 0) is 35.0 Å². The van der Waals surface area contributed by atoms with Gasteiger partial charge in [-0.1, -0.05) is 6.07 Å². The second kappa shape index (κ2) is 4.68. The van der Waals surface area contributed by atoms with E-state index in [2.05, 4.69) is 27.8 Å². The van der Waals surface area contributed by atoms with E-state index in [1.165, 1.54) is 4.88 Å². The Morgan fingerprint density at radius 2 is 2.10 bits per heavy atom. The van der Waals surface area contributed by atoms with Crippen molar-refractivity contribution in [2.75, 3.05) is 12.1 Å². The Hall–Kier alpha value is -2.27. The fourth-order valence-corrected chi connectivity index (χ4v) is 2.93. The van der Waals surface area contributed by atoms with Crippen LogP contribution in [0, 0.1) is 0 Å². The quantitative estimate of drug-likeness (QED) is 0.797. The van der Waals surface area contributed by atoms with Gasteiger partial charge in [0.2, 0.25) is 6.79 Å². The second-order valence-electron chi connectivity index (χ2n) is 4.52. The van der Waals surface area contributed by atoms with Crippen LogP contribution in [0.3, 0.4) is 0 Å². The van der Waals surface area contributed by atoms with Crippen LogP contribution in [-0.4, -0.2) is 11.8 Å². The molecule has 0 fully saturated rings. The molecule has 1 aliphatic heterocycles. The van der Waals surface area contributed by atoms with Gasteiger partial charge in [-0.3, -0.25) is 0 Å². The third-order valence-corrected chi connectivity index (χ3v) is 4.14. The number of anilines is 1. The fourth-order valence-electron chi connectivity index (χ4n) is 2.29. The Morgan fingerprint density at radius 1 is 1.20 bits per heavy atom. The van der Waals surface area contributed by atoms with Crippen LogP contribution < -0.4 is 14.8 Å². The molecule has 0 unspecified atom stereocenters. The standard InChI is InChI=1S/C15H12N2O2S/c1-2-11(20-5-1)8-17-15-12-7-14-13(18-9-19-14)6-10(12)3-4-16-15/h1-7H,8-9H2,(H,16,17). The monoisotopic (exact) mass is 284 g/mol. The van der Waals surface area contributed by atoms with E-state index in [0.717, 1.165) is 34.6 Å². The summed E-state index contributed by atoms with van der Waals surface area (Å²) in [4.78, 5) is 5.71. The summed E-state index contributed by atoms with van der Waals surface area (Å²) < 4.78 is 10.8. The molecule has 1 aromatic carbocycles. The predicted octanol–water partition coefficient (Wildman–Crippen LogP) is 3.64. The van der Waals surface area contributed by atoms with Crippen LogP contribution >= 0.6 is 11.3 Å². The topological polar surface area (TPSA) is 43.4 Å². The minimum Gasteiger partial charge on any atom is -0.454 e. The molecule has 0 bridgehead atoms. The fraction of sp³-hybridized carbons (Fsp3) is 0.133. The van der Waals surface area contributed by atoms with Gasteiger partial charge in [0.15, 0.2) is 11.5 Å². The number of nitrogens with zero attached hydrogens (tertiary/aromatic N) is 1. The maximum atomic E-state index is 5.44. The molecule has 1 aliphatic rings. The van der Waals surface area contributed by atoms with Crippen molar-refractivity contribution in [2.24, 2.45) is 0 Å². The lowest BCUT2D eigenvalue weighted by Gasteiger charge is -2.08. The summed E-state index contributed by atoms with van der Waals surface area (Å²) in [7, 11) is 0. The molecule has 0 radical (unpaired) electrons. The number of hydrogen-bond donors (Lipinski definition) is 1. The number of fused-ring (bicyclic) bond motifs is 2. The molecule has 1 N–H and O–H groups in total. The summed E-state index contributed by atoms with van der Waals surface area (Å²) >= 11 is 1.73. The Bertz CT molecular complexity index is 756. The number of hydrogen-bond acceptors (Lipinski definition) is 5. The van der Waals surface area contributed by atoms with Crippen LogP contribution in [0.25, 0.3) is 10.8 Å². The van der Waals surface area contributed by atoms with Gasteiger partial charge >= 0.3 is 0 Å². The molecule has 0 amide bonds. The van der Waals surface area contributed by atoms with Gasteiger partial charge in [0, 0.05) is 16.5 Å². The van der Waals surface area contributed by atoms with Gasteiger partial charge in [0.25, 0.3) is 0 Å². The van der Waals surface area contributed by atoms with Crippen LogP contribution in [0.15, 0.2) is 41.9 Å². The molecule has 0 spiro atoms. The molecule has 4 rings (SSSR count). The van der Waals surface area contributed by atoms with Crippen molar-refractivity contribution in [1.82, 2.24) is 4.98 Å². The lowest BCUT2D eigenvalue weighted by atomic mass is 10.1. The number of pyridine rings is 1. The van der Waals surface area contributed by atoms with Gasteiger partial charge in [-0.25, -0.2) is 4.98 Å². The largest absolute Gasteiger partial charge is 0.454 e. The molecule has 3 heterocycles. The summed E-state index contributed by atoms with van der Waals surface area (Å²) in [5.41, 5.74) is 0. The van der Waals surface area contributed by atoms with Crippen LogP contribution in [-0.2, 0) is 6.54 Å². The van der Waals surface area contributed by atoms with E-state index in [4.69, 9.17) is 9.47 Å². The molecule has 5 heteroatoms. The minimum absolute atomic E-state index is 0.289. The highest BCUT2D eigenvalue weighted by Gasteiger charge is 2.15. The summed E-state index contributed by atoms with van der Waals surface area (Å²) in [5, 5.41) is 7.60. The lowest BCUT2D eigenvalue weighted by molar-refractivity contribution is 0.174. The van der Waals surface area contributed by atoms with Gasteiger partial charge < -0.3 is 14.8 Å². The minimum atomic E-state index is 0.289. The smallest absolute Gasteiger partial charge is 0.231 e. The molecule has 0 saturated carbocycles. The van der Waals surface area contributed by atoms with Crippen molar-refractivity contribution in [1.29, 1.82) is 0 Å². The van der Waals surface area contributed by atoms with Gasteiger partial charge in [0.05, 0.1) is 6.54 Å². The summed E-state index contributed by atoms with van der Waals surface area (Å²) in [6.45, 7) is 1.06. The van der Waals surface area contributed by atoms with Crippen molar-refractivity contribution in [3.63, 3.8) is 0 Å². The third kappa shape index (κ3) is 1.96. The Morgan fingerprint density at radius 3 is 2.95 bits per heavy atom. The van der Waals surface area contributed by atoms with Crippen LogP contribution in [0.1, 0.15) is 4.88 Å². The molecular weight excluding hydrogens is 272 g/mol. The first-order chi connectivity index (χ1) is 9.90. The Labute approximate surface area is 120 Å². The Kier molecular flexibility index (Phi) is 2.70. The number of benzene rings is 1. The molecule has 4 nitrogen and oxygen atoms in total. The molecule has 3 aromatic rings. The molecule has 20 heavy (non-hydrogen) atoms. The normalized spacial score (nSPS) is 12.8. The predicted molar refractivity (Wildman–Crippen MR) is 79.5 cm³/mol. The average Bonchev–Trinajstić information content (AvgIpc) is 3.13.